The summed E-state index contributed by atoms with van der Waals surface area (Å²) in [6, 6.07) is 6.81. The van der Waals surface area contributed by atoms with Gasteiger partial charge in [0.25, 0.3) is 0 Å². The lowest BCUT2D eigenvalue weighted by Crippen LogP contribution is -2.28. The Kier molecular flexibility index (Phi) is 7.05. The summed E-state index contributed by atoms with van der Waals surface area (Å²) in [5, 5.41) is 13.1. The summed E-state index contributed by atoms with van der Waals surface area (Å²) < 4.78 is 7.27. The molecule has 1 N–H and O–H groups in total. The fraction of sp³-hybridized carbons (Fsp3) is 0.250. The molecule has 1 aromatic carbocycles. The zero-order valence-electron chi connectivity index (χ0n) is 16.0. The SMILES string of the molecule is C=CCn1c(SCC(=O)NC(C)c2ccc(Cl)cc2Cl)nnc1-c1ccoc1C. The van der Waals surface area contributed by atoms with Gasteiger partial charge in [-0.05, 0) is 37.6 Å². The Morgan fingerprint density at radius 2 is 2.17 bits per heavy atom. The summed E-state index contributed by atoms with van der Waals surface area (Å²) >= 11 is 13.5. The van der Waals surface area contributed by atoms with Gasteiger partial charge in [-0.3, -0.25) is 9.36 Å². The highest BCUT2D eigenvalue weighted by Gasteiger charge is 2.18. The molecule has 1 amide bonds. The van der Waals surface area contributed by atoms with Gasteiger partial charge in [-0.15, -0.1) is 16.8 Å². The number of rotatable bonds is 8. The molecule has 0 bridgehead atoms. The van der Waals surface area contributed by atoms with Crippen molar-refractivity contribution in [3.05, 3.63) is 64.6 Å². The number of aromatic nitrogens is 3. The molecule has 0 spiro atoms. The van der Waals surface area contributed by atoms with Crippen LogP contribution in [0.15, 0.2) is 52.8 Å². The Morgan fingerprint density at radius 1 is 1.38 bits per heavy atom. The Balaban J connectivity index is 1.68. The van der Waals surface area contributed by atoms with E-state index in [0.29, 0.717) is 27.6 Å². The molecule has 2 aromatic heterocycles. The summed E-state index contributed by atoms with van der Waals surface area (Å²) in [5.41, 5.74) is 1.67. The molecule has 1 unspecified atom stereocenters. The number of aryl methyl sites for hydroxylation is 1. The number of carbonyl (C=O) groups excluding carboxylic acids is 1. The van der Waals surface area contributed by atoms with E-state index in [-0.39, 0.29) is 17.7 Å². The number of benzene rings is 1. The van der Waals surface area contributed by atoms with Crippen molar-refractivity contribution in [3.63, 3.8) is 0 Å². The Hall–Kier alpha value is -2.22. The second-order valence-corrected chi connectivity index (χ2v) is 8.13. The van der Waals surface area contributed by atoms with Crippen LogP contribution < -0.4 is 5.32 Å². The minimum absolute atomic E-state index is 0.136. The largest absolute Gasteiger partial charge is 0.469 e. The smallest absolute Gasteiger partial charge is 0.230 e. The minimum Gasteiger partial charge on any atom is -0.469 e. The summed E-state index contributed by atoms with van der Waals surface area (Å²) in [4.78, 5) is 12.4. The summed E-state index contributed by atoms with van der Waals surface area (Å²) in [7, 11) is 0. The molecule has 6 nitrogen and oxygen atoms in total. The molecular formula is C20H20Cl2N4O2S. The van der Waals surface area contributed by atoms with Gasteiger partial charge in [0.05, 0.1) is 23.6 Å². The first-order valence-electron chi connectivity index (χ1n) is 8.86. The predicted molar refractivity (Wildman–Crippen MR) is 116 cm³/mol. The van der Waals surface area contributed by atoms with Crippen molar-refractivity contribution in [2.24, 2.45) is 0 Å². The molecule has 1 atom stereocenters. The van der Waals surface area contributed by atoms with E-state index in [1.807, 2.05) is 30.5 Å². The average Bonchev–Trinajstić information content (AvgIpc) is 3.26. The van der Waals surface area contributed by atoms with Crippen molar-refractivity contribution >= 4 is 40.9 Å². The molecular weight excluding hydrogens is 431 g/mol. The number of nitrogens with zero attached hydrogens (tertiary/aromatic N) is 3. The number of furan rings is 1. The van der Waals surface area contributed by atoms with Crippen LogP contribution in [-0.2, 0) is 11.3 Å². The molecule has 29 heavy (non-hydrogen) atoms. The molecule has 0 aliphatic heterocycles. The van der Waals surface area contributed by atoms with Gasteiger partial charge >= 0.3 is 0 Å². The Morgan fingerprint density at radius 3 is 2.83 bits per heavy atom. The molecule has 0 fully saturated rings. The van der Waals surface area contributed by atoms with E-state index in [1.54, 1.807) is 24.5 Å². The first-order chi connectivity index (χ1) is 13.9. The van der Waals surface area contributed by atoms with Crippen molar-refractivity contribution in [1.29, 1.82) is 0 Å². The van der Waals surface area contributed by atoms with Crippen LogP contribution in [0.1, 0.15) is 24.3 Å². The molecule has 0 aliphatic rings. The van der Waals surface area contributed by atoms with Crippen LogP contribution in [-0.4, -0.2) is 26.4 Å². The fourth-order valence-electron chi connectivity index (χ4n) is 2.85. The van der Waals surface area contributed by atoms with Crippen molar-refractivity contribution in [2.45, 2.75) is 31.6 Å². The molecule has 3 rings (SSSR count). The van der Waals surface area contributed by atoms with Gasteiger partial charge in [-0.1, -0.05) is 47.1 Å². The summed E-state index contributed by atoms with van der Waals surface area (Å²) in [6.07, 6.45) is 3.37. The number of halogens is 2. The van der Waals surface area contributed by atoms with E-state index >= 15 is 0 Å². The standard InChI is InChI=1S/C20H20Cl2N4O2S/c1-4-8-26-19(16-7-9-28-13(16)3)24-25-20(26)29-11-18(27)23-12(2)15-6-5-14(21)10-17(15)22/h4-7,9-10,12H,1,8,11H2,2-3H3,(H,23,27). The van der Waals surface area contributed by atoms with Crippen LogP contribution >= 0.6 is 35.0 Å². The number of carbonyl (C=O) groups is 1. The first-order valence-corrected chi connectivity index (χ1v) is 10.6. The normalized spacial score (nSPS) is 12.0. The van der Waals surface area contributed by atoms with E-state index < -0.39 is 0 Å². The predicted octanol–water partition coefficient (Wildman–Crippen LogP) is 5.31. The van der Waals surface area contributed by atoms with Gasteiger partial charge in [0.15, 0.2) is 11.0 Å². The number of hydrogen-bond acceptors (Lipinski definition) is 5. The topological polar surface area (TPSA) is 73.0 Å². The highest BCUT2D eigenvalue weighted by molar-refractivity contribution is 7.99. The van der Waals surface area contributed by atoms with E-state index in [1.165, 1.54) is 11.8 Å². The molecule has 0 saturated heterocycles. The van der Waals surface area contributed by atoms with Crippen LogP contribution in [0.3, 0.4) is 0 Å². The highest BCUT2D eigenvalue weighted by atomic mass is 35.5. The van der Waals surface area contributed by atoms with Gasteiger partial charge < -0.3 is 9.73 Å². The van der Waals surface area contributed by atoms with Gasteiger partial charge in [-0.2, -0.15) is 0 Å². The second kappa shape index (κ2) is 9.52. The van der Waals surface area contributed by atoms with Crippen molar-refractivity contribution < 1.29 is 9.21 Å². The van der Waals surface area contributed by atoms with Crippen LogP contribution in [0, 0.1) is 6.92 Å². The number of amides is 1. The maximum absolute atomic E-state index is 12.4. The lowest BCUT2D eigenvalue weighted by atomic mass is 10.1. The number of allylic oxidation sites excluding steroid dienone is 1. The zero-order chi connectivity index (χ0) is 21.0. The molecule has 0 radical (unpaired) electrons. The van der Waals surface area contributed by atoms with Gasteiger partial charge in [-0.25, -0.2) is 0 Å². The molecule has 0 aliphatic carbocycles. The minimum atomic E-state index is -0.247. The van der Waals surface area contributed by atoms with E-state index in [4.69, 9.17) is 27.6 Å². The third-order valence-electron chi connectivity index (χ3n) is 4.27. The number of hydrogen-bond donors (Lipinski definition) is 1. The van der Waals surface area contributed by atoms with Crippen molar-refractivity contribution in [1.82, 2.24) is 20.1 Å². The Bertz CT molecular complexity index is 1030. The van der Waals surface area contributed by atoms with Crippen molar-refractivity contribution in [2.75, 3.05) is 5.75 Å². The van der Waals surface area contributed by atoms with E-state index in [9.17, 15) is 4.79 Å². The lowest BCUT2D eigenvalue weighted by molar-refractivity contribution is -0.119. The maximum atomic E-state index is 12.4. The highest BCUT2D eigenvalue weighted by Crippen LogP contribution is 2.28. The summed E-state index contributed by atoms with van der Waals surface area (Å²) in [5.74, 6) is 1.49. The second-order valence-electron chi connectivity index (χ2n) is 6.34. The summed E-state index contributed by atoms with van der Waals surface area (Å²) in [6.45, 7) is 8.05. The number of nitrogens with one attached hydrogen (secondary N) is 1. The fourth-order valence-corrected chi connectivity index (χ4v) is 4.18. The molecule has 2 heterocycles. The molecule has 152 valence electrons. The van der Waals surface area contributed by atoms with Gasteiger partial charge in [0.2, 0.25) is 5.91 Å². The van der Waals surface area contributed by atoms with Gasteiger partial charge in [0, 0.05) is 16.6 Å². The average molecular weight is 451 g/mol. The molecule has 3 aromatic rings. The molecule has 9 heteroatoms. The maximum Gasteiger partial charge on any atom is 0.230 e. The van der Waals surface area contributed by atoms with Crippen LogP contribution in [0.25, 0.3) is 11.4 Å². The van der Waals surface area contributed by atoms with Gasteiger partial charge in [0.1, 0.15) is 5.76 Å². The quantitative estimate of drug-likeness (QED) is 0.371. The van der Waals surface area contributed by atoms with Crippen LogP contribution in [0.5, 0.6) is 0 Å². The zero-order valence-corrected chi connectivity index (χ0v) is 18.3. The van der Waals surface area contributed by atoms with Crippen LogP contribution in [0.2, 0.25) is 10.0 Å². The first kappa shape index (κ1) is 21.5. The number of thioether (sulfide) groups is 1. The lowest BCUT2D eigenvalue weighted by Gasteiger charge is -2.16. The van der Waals surface area contributed by atoms with Crippen LogP contribution in [0.4, 0.5) is 0 Å². The monoisotopic (exact) mass is 450 g/mol. The van der Waals surface area contributed by atoms with E-state index in [0.717, 1.165) is 16.9 Å². The Labute approximate surface area is 183 Å². The van der Waals surface area contributed by atoms with E-state index in [2.05, 4.69) is 22.1 Å². The molecule has 0 saturated carbocycles. The van der Waals surface area contributed by atoms with Crippen molar-refractivity contribution in [3.8, 4) is 11.4 Å². The third-order valence-corrected chi connectivity index (χ3v) is 5.80. The third kappa shape index (κ3) is 5.04.